The Hall–Kier alpha value is -1.41. The Bertz CT molecular complexity index is 704. The predicted molar refractivity (Wildman–Crippen MR) is 79.1 cm³/mol. The third-order valence-electron chi connectivity index (χ3n) is 4.61. The van der Waals surface area contributed by atoms with Gasteiger partial charge in [0.15, 0.2) is 0 Å². The van der Waals surface area contributed by atoms with E-state index in [1.807, 2.05) is 4.57 Å². The number of carbonyl (C=O) groups is 1. The standard InChI is InChI=1S/C14H20N4O3S/c19-14(10-1-2-10)16-8-11-7-15-13-9-17(5-6-18(11)13)22(20,21)12-3-4-12/h7,10,12H,1-6,8-9H2,(H,16,19). The SMILES string of the molecule is O=C(NCc1cnc2n1CCN(S(=O)(=O)C1CC1)C2)C1CC1. The molecular weight excluding hydrogens is 304 g/mol. The fourth-order valence-electron chi connectivity index (χ4n) is 2.90. The van der Waals surface area contributed by atoms with E-state index in [1.165, 1.54) is 0 Å². The fraction of sp³-hybridized carbons (Fsp3) is 0.714. The normalized spacial score (nSPS) is 22.4. The average molecular weight is 324 g/mol. The van der Waals surface area contributed by atoms with Crippen LogP contribution in [0.4, 0.5) is 0 Å². The van der Waals surface area contributed by atoms with Gasteiger partial charge in [-0.2, -0.15) is 4.31 Å². The van der Waals surface area contributed by atoms with E-state index < -0.39 is 10.0 Å². The van der Waals surface area contributed by atoms with E-state index >= 15 is 0 Å². The summed E-state index contributed by atoms with van der Waals surface area (Å²) in [6.07, 6.45) is 5.29. The molecule has 120 valence electrons. The Morgan fingerprint density at radius 3 is 2.73 bits per heavy atom. The van der Waals surface area contributed by atoms with Crippen molar-refractivity contribution in [2.24, 2.45) is 5.92 Å². The lowest BCUT2D eigenvalue weighted by Gasteiger charge is -2.28. The van der Waals surface area contributed by atoms with Gasteiger partial charge < -0.3 is 9.88 Å². The molecule has 2 saturated carbocycles. The molecule has 0 spiro atoms. The Labute approximate surface area is 129 Å². The van der Waals surface area contributed by atoms with Gasteiger partial charge in [-0.3, -0.25) is 4.79 Å². The molecule has 1 aromatic rings. The van der Waals surface area contributed by atoms with Gasteiger partial charge in [-0.25, -0.2) is 13.4 Å². The minimum Gasteiger partial charge on any atom is -0.350 e. The van der Waals surface area contributed by atoms with Crippen molar-refractivity contribution in [2.45, 2.75) is 50.6 Å². The molecule has 0 radical (unpaired) electrons. The van der Waals surface area contributed by atoms with Crippen LogP contribution in [0.25, 0.3) is 0 Å². The molecule has 8 heteroatoms. The highest BCUT2D eigenvalue weighted by Crippen LogP contribution is 2.32. The van der Waals surface area contributed by atoms with Gasteiger partial charge >= 0.3 is 0 Å². The van der Waals surface area contributed by atoms with Crippen LogP contribution in [0, 0.1) is 5.92 Å². The van der Waals surface area contributed by atoms with Crippen LogP contribution in [0.2, 0.25) is 0 Å². The molecule has 1 N–H and O–H groups in total. The molecule has 2 heterocycles. The summed E-state index contributed by atoms with van der Waals surface area (Å²) in [5.41, 5.74) is 0.951. The molecule has 0 unspecified atom stereocenters. The van der Waals surface area contributed by atoms with E-state index in [1.54, 1.807) is 10.5 Å². The van der Waals surface area contributed by atoms with Gasteiger partial charge in [0.25, 0.3) is 0 Å². The molecule has 1 amide bonds. The second-order valence-electron chi connectivity index (χ2n) is 6.39. The molecule has 4 rings (SSSR count). The summed E-state index contributed by atoms with van der Waals surface area (Å²) in [5, 5.41) is 2.76. The van der Waals surface area contributed by atoms with Crippen molar-refractivity contribution < 1.29 is 13.2 Å². The Morgan fingerprint density at radius 1 is 1.27 bits per heavy atom. The van der Waals surface area contributed by atoms with Gasteiger partial charge in [0, 0.05) is 19.0 Å². The number of imidazole rings is 1. The maximum Gasteiger partial charge on any atom is 0.223 e. The summed E-state index contributed by atoms with van der Waals surface area (Å²) in [6, 6.07) is 0. The van der Waals surface area contributed by atoms with Crippen LogP contribution < -0.4 is 5.32 Å². The summed E-state index contributed by atoms with van der Waals surface area (Å²) in [5.74, 6) is 1.08. The number of hydrogen-bond donors (Lipinski definition) is 1. The monoisotopic (exact) mass is 324 g/mol. The van der Waals surface area contributed by atoms with Crippen molar-refractivity contribution in [1.29, 1.82) is 0 Å². The van der Waals surface area contributed by atoms with Crippen molar-refractivity contribution in [3.8, 4) is 0 Å². The number of hydrogen-bond acceptors (Lipinski definition) is 4. The highest BCUT2D eigenvalue weighted by molar-refractivity contribution is 7.90. The second-order valence-corrected chi connectivity index (χ2v) is 8.60. The minimum absolute atomic E-state index is 0.115. The molecule has 22 heavy (non-hydrogen) atoms. The number of rotatable bonds is 5. The summed E-state index contributed by atoms with van der Waals surface area (Å²) in [6.45, 7) is 1.91. The molecule has 1 aliphatic heterocycles. The first-order chi connectivity index (χ1) is 10.6. The summed E-state index contributed by atoms with van der Waals surface area (Å²) in [7, 11) is -3.14. The first kappa shape index (κ1) is 14.2. The van der Waals surface area contributed by atoms with Crippen LogP contribution in [0.5, 0.6) is 0 Å². The van der Waals surface area contributed by atoms with Gasteiger partial charge in [0.2, 0.25) is 15.9 Å². The number of nitrogens with zero attached hydrogens (tertiary/aromatic N) is 3. The number of sulfonamides is 1. The van der Waals surface area contributed by atoms with E-state index in [0.717, 1.165) is 37.2 Å². The van der Waals surface area contributed by atoms with E-state index in [2.05, 4.69) is 10.3 Å². The number of aromatic nitrogens is 2. The zero-order valence-corrected chi connectivity index (χ0v) is 13.2. The molecule has 7 nitrogen and oxygen atoms in total. The van der Waals surface area contributed by atoms with Crippen molar-refractivity contribution >= 4 is 15.9 Å². The quantitative estimate of drug-likeness (QED) is 0.839. The highest BCUT2D eigenvalue weighted by Gasteiger charge is 2.41. The Morgan fingerprint density at radius 2 is 2.05 bits per heavy atom. The predicted octanol–water partition coefficient (Wildman–Crippen LogP) is 0.217. The molecule has 0 aromatic carbocycles. The van der Waals surface area contributed by atoms with Gasteiger partial charge in [-0.15, -0.1) is 0 Å². The van der Waals surface area contributed by atoms with Gasteiger partial charge in [0.05, 0.1) is 30.2 Å². The number of nitrogens with one attached hydrogen (secondary N) is 1. The van der Waals surface area contributed by atoms with Crippen molar-refractivity contribution in [2.75, 3.05) is 6.54 Å². The van der Waals surface area contributed by atoms with Crippen molar-refractivity contribution in [3.63, 3.8) is 0 Å². The van der Waals surface area contributed by atoms with E-state index in [4.69, 9.17) is 0 Å². The maximum atomic E-state index is 12.3. The molecule has 2 aliphatic carbocycles. The van der Waals surface area contributed by atoms with E-state index in [9.17, 15) is 13.2 Å². The molecule has 3 aliphatic rings. The van der Waals surface area contributed by atoms with Crippen LogP contribution in [-0.2, 0) is 34.5 Å². The van der Waals surface area contributed by atoms with Gasteiger partial charge in [-0.1, -0.05) is 0 Å². The van der Waals surface area contributed by atoms with Crippen LogP contribution in [0.1, 0.15) is 37.2 Å². The number of amides is 1. The third-order valence-corrected chi connectivity index (χ3v) is 6.95. The lowest BCUT2D eigenvalue weighted by atomic mass is 10.3. The zero-order valence-electron chi connectivity index (χ0n) is 12.4. The first-order valence-corrected chi connectivity index (χ1v) is 9.36. The van der Waals surface area contributed by atoms with Crippen molar-refractivity contribution in [3.05, 3.63) is 17.7 Å². The fourth-order valence-corrected chi connectivity index (χ4v) is 4.69. The molecule has 0 atom stereocenters. The summed E-state index contributed by atoms with van der Waals surface area (Å²) < 4.78 is 28.2. The topological polar surface area (TPSA) is 84.3 Å². The molecule has 2 fully saturated rings. The molecule has 0 saturated heterocycles. The van der Waals surface area contributed by atoms with Crippen LogP contribution >= 0.6 is 0 Å². The van der Waals surface area contributed by atoms with Gasteiger partial charge in [-0.05, 0) is 25.7 Å². The number of carbonyl (C=O) groups excluding carboxylic acids is 1. The van der Waals surface area contributed by atoms with E-state index in [-0.39, 0.29) is 17.1 Å². The average Bonchev–Trinajstić information content (AvgIpc) is 3.39. The van der Waals surface area contributed by atoms with Crippen LogP contribution in [-0.4, -0.2) is 40.0 Å². The largest absolute Gasteiger partial charge is 0.350 e. The minimum atomic E-state index is -3.14. The third kappa shape index (κ3) is 2.54. The Kier molecular flexibility index (Phi) is 3.26. The molecule has 0 bridgehead atoms. The smallest absolute Gasteiger partial charge is 0.223 e. The number of fused-ring (bicyclic) bond motifs is 1. The van der Waals surface area contributed by atoms with Crippen LogP contribution in [0.3, 0.4) is 0 Å². The van der Waals surface area contributed by atoms with Crippen LogP contribution in [0.15, 0.2) is 6.20 Å². The van der Waals surface area contributed by atoms with Gasteiger partial charge in [0.1, 0.15) is 5.82 Å². The maximum absolute atomic E-state index is 12.3. The molecular formula is C14H20N4O3S. The molecule has 1 aromatic heterocycles. The first-order valence-electron chi connectivity index (χ1n) is 7.85. The summed E-state index contributed by atoms with van der Waals surface area (Å²) >= 11 is 0. The van der Waals surface area contributed by atoms with Crippen molar-refractivity contribution in [1.82, 2.24) is 19.2 Å². The zero-order chi connectivity index (χ0) is 15.3. The van der Waals surface area contributed by atoms with E-state index in [0.29, 0.717) is 26.2 Å². The second kappa shape index (κ2) is 5.06. The lowest BCUT2D eigenvalue weighted by molar-refractivity contribution is -0.122. The summed E-state index contributed by atoms with van der Waals surface area (Å²) in [4.78, 5) is 16.0. The highest BCUT2D eigenvalue weighted by atomic mass is 32.2. The lowest BCUT2D eigenvalue weighted by Crippen LogP contribution is -2.40. The Balaban J connectivity index is 1.44.